The molecule has 0 radical (unpaired) electrons. The van der Waals surface area contributed by atoms with E-state index in [0.29, 0.717) is 25.7 Å². The van der Waals surface area contributed by atoms with Crippen LogP contribution in [0.2, 0.25) is 0 Å². The third-order valence-corrected chi connectivity index (χ3v) is 8.11. The first-order valence-corrected chi connectivity index (χ1v) is 16.8. The van der Waals surface area contributed by atoms with Crippen molar-refractivity contribution in [2.24, 2.45) is 17.8 Å². The van der Waals surface area contributed by atoms with Crippen molar-refractivity contribution in [2.75, 3.05) is 0 Å². The predicted molar refractivity (Wildman–Crippen MR) is 174 cm³/mol. The molecule has 0 aromatic rings. The molecule has 4 amide bonds. The first-order chi connectivity index (χ1) is 21.6. The van der Waals surface area contributed by atoms with E-state index in [1.54, 1.807) is 20.8 Å². The molecule has 5 atom stereocenters. The number of ketones is 1. The van der Waals surface area contributed by atoms with Gasteiger partial charge in [0.05, 0.1) is 6.42 Å². The van der Waals surface area contributed by atoms with Gasteiger partial charge < -0.3 is 31.5 Å². The van der Waals surface area contributed by atoms with Crippen molar-refractivity contribution in [1.82, 2.24) is 21.3 Å². The Kier molecular flexibility index (Phi) is 21.2. The van der Waals surface area contributed by atoms with E-state index in [1.165, 1.54) is 0 Å². The maximum absolute atomic E-state index is 13.6. The van der Waals surface area contributed by atoms with Gasteiger partial charge in [0.25, 0.3) is 0 Å². The van der Waals surface area contributed by atoms with Crippen molar-refractivity contribution < 1.29 is 43.8 Å². The van der Waals surface area contributed by atoms with E-state index in [0.717, 1.165) is 25.7 Å². The number of rotatable bonds is 25. The van der Waals surface area contributed by atoms with Crippen LogP contribution in [-0.2, 0) is 33.6 Å². The Hall–Kier alpha value is -3.51. The summed E-state index contributed by atoms with van der Waals surface area (Å²) in [5.74, 6) is -6.78. The molecule has 0 fully saturated rings. The molecule has 0 aliphatic heterocycles. The van der Waals surface area contributed by atoms with E-state index >= 15 is 0 Å². The molecular formula is C33H58N4O9. The van der Waals surface area contributed by atoms with Crippen LogP contribution in [0.1, 0.15) is 126 Å². The quantitative estimate of drug-likeness (QED) is 0.0797. The molecule has 0 aromatic carbocycles. The highest BCUT2D eigenvalue weighted by molar-refractivity contribution is 5.98. The fourth-order valence-electron chi connectivity index (χ4n) is 4.98. The van der Waals surface area contributed by atoms with Crippen LogP contribution in [0.3, 0.4) is 0 Å². The average Bonchev–Trinajstić information content (AvgIpc) is 2.98. The molecule has 0 heterocycles. The summed E-state index contributed by atoms with van der Waals surface area (Å²) in [5.41, 5.74) is 0. The first-order valence-electron chi connectivity index (χ1n) is 16.8. The second-order valence-electron chi connectivity index (χ2n) is 12.5. The third kappa shape index (κ3) is 16.7. The molecule has 0 aliphatic carbocycles. The van der Waals surface area contributed by atoms with Crippen LogP contribution in [-0.4, -0.2) is 75.7 Å². The molecule has 13 heteroatoms. The van der Waals surface area contributed by atoms with Gasteiger partial charge in [-0.15, -0.1) is 0 Å². The maximum Gasteiger partial charge on any atom is 0.326 e. The molecule has 0 saturated carbocycles. The molecule has 13 nitrogen and oxygen atoms in total. The van der Waals surface area contributed by atoms with Crippen LogP contribution in [0.5, 0.6) is 0 Å². The lowest BCUT2D eigenvalue weighted by atomic mass is 9.95. The van der Waals surface area contributed by atoms with E-state index in [9.17, 15) is 43.8 Å². The summed E-state index contributed by atoms with van der Waals surface area (Å²) in [6, 6.07) is -5.48. The van der Waals surface area contributed by atoms with Crippen molar-refractivity contribution in [2.45, 2.75) is 150 Å². The molecule has 0 aliphatic rings. The summed E-state index contributed by atoms with van der Waals surface area (Å²) in [7, 11) is 0. The van der Waals surface area contributed by atoms with Crippen molar-refractivity contribution in [3.05, 3.63) is 0 Å². The standard InChI is InChI=1S/C33H58N4O9/c1-8-12-13-14-15-16-23(38)18-24(35-32(44)28(21(7)9-2)37-29(41)22(10-3)11-4)30(42)34-25(19-27(39)40)31(43)36-26(33(45)46)17-20(5)6/h20-22,24-26,28H,8-19H2,1-7H3,(H,34,42)(H,35,44)(H,36,43)(H,37,41)(H,39,40)(H,45,46)/t21-,24?,25-,26-,28-/m0/s1. The number of carbonyl (C=O) groups excluding carboxylic acids is 5. The zero-order chi connectivity index (χ0) is 35.4. The number of carbonyl (C=O) groups is 7. The molecule has 0 aromatic heterocycles. The molecule has 0 rings (SSSR count). The molecule has 0 spiro atoms. The normalized spacial score (nSPS) is 14.5. The lowest BCUT2D eigenvalue weighted by Gasteiger charge is -2.28. The van der Waals surface area contributed by atoms with Gasteiger partial charge in [0, 0.05) is 18.8 Å². The van der Waals surface area contributed by atoms with Gasteiger partial charge in [-0.2, -0.15) is 0 Å². The van der Waals surface area contributed by atoms with E-state index < -0.39 is 66.7 Å². The van der Waals surface area contributed by atoms with E-state index in [-0.39, 0.29) is 42.3 Å². The Labute approximate surface area is 273 Å². The van der Waals surface area contributed by atoms with Crippen molar-refractivity contribution in [3.8, 4) is 0 Å². The van der Waals surface area contributed by atoms with Gasteiger partial charge in [-0.05, 0) is 37.5 Å². The molecule has 1 unspecified atom stereocenters. The predicted octanol–water partition coefficient (Wildman–Crippen LogP) is 3.33. The van der Waals surface area contributed by atoms with Crippen LogP contribution < -0.4 is 21.3 Å². The fourth-order valence-corrected chi connectivity index (χ4v) is 4.98. The van der Waals surface area contributed by atoms with Gasteiger partial charge in [-0.25, -0.2) is 4.79 Å². The Morgan fingerprint density at radius 1 is 0.587 bits per heavy atom. The summed E-state index contributed by atoms with van der Waals surface area (Å²) in [4.78, 5) is 89.3. The highest BCUT2D eigenvalue weighted by Crippen LogP contribution is 2.14. The number of hydrogen-bond donors (Lipinski definition) is 6. The lowest BCUT2D eigenvalue weighted by Crippen LogP contribution is -2.59. The van der Waals surface area contributed by atoms with Crippen LogP contribution in [0.15, 0.2) is 0 Å². The lowest BCUT2D eigenvalue weighted by molar-refractivity contribution is -0.144. The summed E-state index contributed by atoms with van der Waals surface area (Å²) in [6.07, 6.45) is 5.06. The number of Topliss-reactive ketones (excluding diaryl/α,β-unsaturated/α-hetero) is 1. The summed E-state index contributed by atoms with van der Waals surface area (Å²) >= 11 is 0. The van der Waals surface area contributed by atoms with E-state index in [2.05, 4.69) is 28.2 Å². The summed E-state index contributed by atoms with van der Waals surface area (Å²) in [5, 5.41) is 29.0. The number of carboxylic acid groups (broad SMARTS) is 2. The Morgan fingerprint density at radius 3 is 1.59 bits per heavy atom. The van der Waals surface area contributed by atoms with Crippen LogP contribution in [0.4, 0.5) is 0 Å². The fraction of sp³-hybridized carbons (Fsp3) is 0.788. The zero-order valence-corrected chi connectivity index (χ0v) is 28.8. The summed E-state index contributed by atoms with van der Waals surface area (Å²) in [6.45, 7) is 12.9. The maximum atomic E-state index is 13.6. The van der Waals surface area contributed by atoms with Gasteiger partial charge >= 0.3 is 11.9 Å². The third-order valence-electron chi connectivity index (χ3n) is 8.11. The Morgan fingerprint density at radius 2 is 1.11 bits per heavy atom. The number of carboxylic acids is 2. The average molecular weight is 655 g/mol. The highest BCUT2D eigenvalue weighted by Gasteiger charge is 2.35. The topological polar surface area (TPSA) is 208 Å². The first kappa shape index (κ1) is 42.5. The smallest absolute Gasteiger partial charge is 0.326 e. The van der Waals surface area contributed by atoms with Crippen molar-refractivity contribution >= 4 is 41.4 Å². The van der Waals surface area contributed by atoms with Crippen molar-refractivity contribution in [1.29, 1.82) is 0 Å². The Bertz CT molecular complexity index is 1010. The minimum absolute atomic E-state index is 0.0693. The minimum Gasteiger partial charge on any atom is -0.481 e. The van der Waals surface area contributed by atoms with Crippen LogP contribution >= 0.6 is 0 Å². The monoisotopic (exact) mass is 654 g/mol. The second kappa shape index (κ2) is 22.9. The number of nitrogens with one attached hydrogen (secondary N) is 4. The molecule has 0 bridgehead atoms. The minimum atomic E-state index is -1.68. The van der Waals surface area contributed by atoms with Gasteiger partial charge in [0.1, 0.15) is 30.0 Å². The largest absolute Gasteiger partial charge is 0.481 e. The van der Waals surface area contributed by atoms with E-state index in [1.807, 2.05) is 20.8 Å². The zero-order valence-electron chi connectivity index (χ0n) is 28.8. The summed E-state index contributed by atoms with van der Waals surface area (Å²) < 4.78 is 0. The highest BCUT2D eigenvalue weighted by atomic mass is 16.4. The second-order valence-corrected chi connectivity index (χ2v) is 12.5. The van der Waals surface area contributed by atoms with E-state index in [4.69, 9.17) is 0 Å². The number of amides is 4. The molecule has 6 N–H and O–H groups in total. The number of unbranched alkanes of at least 4 members (excludes halogenated alkanes) is 4. The number of aliphatic carboxylic acids is 2. The van der Waals surface area contributed by atoms with Crippen LogP contribution in [0.25, 0.3) is 0 Å². The number of hydrogen-bond acceptors (Lipinski definition) is 7. The van der Waals surface area contributed by atoms with Crippen LogP contribution in [0, 0.1) is 17.8 Å². The SMILES string of the molecule is CCCCCCCC(=O)CC(NC(=O)[C@@H](NC(=O)C(CC)CC)[C@@H](C)CC)C(=O)N[C@@H](CC(=O)O)C(=O)N[C@@H](CC(C)C)C(=O)O. The van der Waals surface area contributed by atoms with Gasteiger partial charge in [0.15, 0.2) is 0 Å². The molecule has 264 valence electrons. The Balaban J connectivity index is 6.19. The molecule has 46 heavy (non-hydrogen) atoms. The molecular weight excluding hydrogens is 596 g/mol. The van der Waals surface area contributed by atoms with Gasteiger partial charge in [0.2, 0.25) is 23.6 Å². The van der Waals surface area contributed by atoms with Gasteiger partial charge in [-0.1, -0.05) is 80.6 Å². The van der Waals surface area contributed by atoms with Crippen molar-refractivity contribution in [3.63, 3.8) is 0 Å². The van der Waals surface area contributed by atoms with Gasteiger partial charge in [-0.3, -0.25) is 28.8 Å². The molecule has 0 saturated heterocycles.